The number of carbonyl (C=O) groups excluding carboxylic acids is 1. The van der Waals surface area contributed by atoms with Crippen molar-refractivity contribution in [3.63, 3.8) is 0 Å². The van der Waals surface area contributed by atoms with Crippen LogP contribution in [-0.2, 0) is 6.42 Å². The van der Waals surface area contributed by atoms with Gasteiger partial charge < -0.3 is 0 Å². The summed E-state index contributed by atoms with van der Waals surface area (Å²) >= 11 is 3.06. The molecule has 23 heavy (non-hydrogen) atoms. The Bertz CT molecular complexity index is 833. The molecule has 0 atom stereocenters. The maximum Gasteiger partial charge on any atom is 0.267 e. The summed E-state index contributed by atoms with van der Waals surface area (Å²) in [5, 5.41) is 6.86. The number of rotatable bonds is 5. The number of hydrogen-bond donors (Lipinski definition) is 1. The van der Waals surface area contributed by atoms with Crippen molar-refractivity contribution < 1.29 is 4.79 Å². The molecule has 3 aromatic rings. The Morgan fingerprint density at radius 3 is 2.78 bits per heavy atom. The summed E-state index contributed by atoms with van der Waals surface area (Å²) < 4.78 is 1.17. The number of amides is 1. The second-order valence-electron chi connectivity index (χ2n) is 5.84. The van der Waals surface area contributed by atoms with E-state index < -0.39 is 0 Å². The molecule has 2 aromatic heterocycles. The predicted molar refractivity (Wildman–Crippen MR) is 100.0 cm³/mol. The standard InChI is InChI=1S/C18H20N2OS2/c1-4-7-13-12-8-5-6-9-15(12)23-16(13)17(21)20-18-19-14(10-22-18)11(2)3/h5-6,8-11H,4,7H2,1-3H3,(H,19,20,21). The molecule has 0 aliphatic carbocycles. The van der Waals surface area contributed by atoms with Crippen LogP contribution in [0.3, 0.4) is 0 Å². The van der Waals surface area contributed by atoms with E-state index in [2.05, 4.69) is 43.2 Å². The molecule has 120 valence electrons. The molecule has 0 unspecified atom stereocenters. The first-order chi connectivity index (χ1) is 11.1. The van der Waals surface area contributed by atoms with Gasteiger partial charge in [-0.2, -0.15) is 0 Å². The third-order valence-corrected chi connectivity index (χ3v) is 5.73. The van der Waals surface area contributed by atoms with Crippen LogP contribution >= 0.6 is 22.7 Å². The second kappa shape index (κ2) is 6.81. The third kappa shape index (κ3) is 3.31. The molecule has 1 amide bonds. The van der Waals surface area contributed by atoms with E-state index in [0.717, 1.165) is 29.0 Å². The lowest BCUT2D eigenvalue weighted by atomic mass is 10.1. The largest absolute Gasteiger partial charge is 0.297 e. The van der Waals surface area contributed by atoms with Crippen LogP contribution in [0.15, 0.2) is 29.6 Å². The van der Waals surface area contributed by atoms with Gasteiger partial charge in [0.2, 0.25) is 0 Å². The van der Waals surface area contributed by atoms with Gasteiger partial charge in [-0.25, -0.2) is 4.98 Å². The van der Waals surface area contributed by atoms with E-state index in [4.69, 9.17) is 0 Å². The minimum atomic E-state index is -0.0423. The molecule has 0 fully saturated rings. The van der Waals surface area contributed by atoms with Crippen molar-refractivity contribution in [3.05, 3.63) is 45.8 Å². The fraction of sp³-hybridized carbons (Fsp3) is 0.333. The molecule has 3 nitrogen and oxygen atoms in total. The third-order valence-electron chi connectivity index (χ3n) is 3.74. The minimum absolute atomic E-state index is 0.0423. The zero-order valence-electron chi connectivity index (χ0n) is 13.6. The summed E-state index contributed by atoms with van der Waals surface area (Å²) in [6.07, 6.45) is 1.94. The number of thiazole rings is 1. The number of nitrogens with zero attached hydrogens (tertiary/aromatic N) is 1. The average Bonchev–Trinajstić information content (AvgIpc) is 3.13. The molecule has 1 aromatic carbocycles. The minimum Gasteiger partial charge on any atom is -0.297 e. The summed E-state index contributed by atoms with van der Waals surface area (Å²) in [4.78, 5) is 18.0. The zero-order chi connectivity index (χ0) is 16.4. The molecule has 0 aliphatic rings. The van der Waals surface area contributed by atoms with Gasteiger partial charge in [-0.05, 0) is 29.4 Å². The van der Waals surface area contributed by atoms with Gasteiger partial charge in [-0.3, -0.25) is 10.1 Å². The van der Waals surface area contributed by atoms with Crippen molar-refractivity contribution in [1.29, 1.82) is 0 Å². The number of aromatic nitrogens is 1. The quantitative estimate of drug-likeness (QED) is 0.646. The summed E-state index contributed by atoms with van der Waals surface area (Å²) in [6.45, 7) is 6.35. The van der Waals surface area contributed by atoms with Crippen molar-refractivity contribution in [1.82, 2.24) is 4.98 Å². The summed E-state index contributed by atoms with van der Waals surface area (Å²) in [5.41, 5.74) is 2.18. The number of benzene rings is 1. The number of hydrogen-bond acceptors (Lipinski definition) is 4. The van der Waals surface area contributed by atoms with Gasteiger partial charge in [-0.1, -0.05) is 45.4 Å². The topological polar surface area (TPSA) is 42.0 Å². The van der Waals surface area contributed by atoms with Crippen molar-refractivity contribution in [2.75, 3.05) is 5.32 Å². The lowest BCUT2D eigenvalue weighted by Crippen LogP contribution is -2.12. The normalized spacial score (nSPS) is 11.3. The molecule has 0 radical (unpaired) electrons. The van der Waals surface area contributed by atoms with Gasteiger partial charge in [0.1, 0.15) is 0 Å². The zero-order valence-corrected chi connectivity index (χ0v) is 15.2. The van der Waals surface area contributed by atoms with E-state index in [9.17, 15) is 4.79 Å². The van der Waals surface area contributed by atoms with Crippen LogP contribution in [0.25, 0.3) is 10.1 Å². The van der Waals surface area contributed by atoms with Crippen molar-refractivity contribution in [2.24, 2.45) is 0 Å². The van der Waals surface area contributed by atoms with Crippen LogP contribution in [0, 0.1) is 0 Å². The second-order valence-corrected chi connectivity index (χ2v) is 7.75. The van der Waals surface area contributed by atoms with Gasteiger partial charge in [0.05, 0.1) is 10.6 Å². The van der Waals surface area contributed by atoms with Crippen LogP contribution in [0.2, 0.25) is 0 Å². The number of fused-ring (bicyclic) bond motifs is 1. The Labute approximate surface area is 144 Å². The fourth-order valence-electron chi connectivity index (χ4n) is 2.54. The molecule has 0 bridgehead atoms. The van der Waals surface area contributed by atoms with Crippen LogP contribution in [0.5, 0.6) is 0 Å². The Morgan fingerprint density at radius 2 is 2.09 bits per heavy atom. The Hall–Kier alpha value is -1.72. The van der Waals surface area contributed by atoms with E-state index in [1.807, 2.05) is 17.5 Å². The van der Waals surface area contributed by atoms with Gasteiger partial charge in [0.25, 0.3) is 5.91 Å². The Morgan fingerprint density at radius 1 is 1.30 bits per heavy atom. The highest BCUT2D eigenvalue weighted by molar-refractivity contribution is 7.21. The smallest absolute Gasteiger partial charge is 0.267 e. The molecule has 0 spiro atoms. The maximum absolute atomic E-state index is 12.7. The lowest BCUT2D eigenvalue weighted by Gasteiger charge is -2.03. The van der Waals surface area contributed by atoms with E-state index in [1.54, 1.807) is 11.3 Å². The van der Waals surface area contributed by atoms with E-state index in [-0.39, 0.29) is 5.91 Å². The lowest BCUT2D eigenvalue weighted by molar-refractivity contribution is 0.103. The number of aryl methyl sites for hydroxylation is 1. The predicted octanol–water partition coefficient (Wildman–Crippen LogP) is 5.69. The molecule has 3 rings (SSSR count). The van der Waals surface area contributed by atoms with Crippen LogP contribution < -0.4 is 5.32 Å². The first kappa shape index (κ1) is 16.1. The maximum atomic E-state index is 12.7. The van der Waals surface area contributed by atoms with Crippen molar-refractivity contribution in [2.45, 2.75) is 39.5 Å². The molecule has 0 saturated heterocycles. The molecule has 5 heteroatoms. The highest BCUT2D eigenvalue weighted by Gasteiger charge is 2.19. The monoisotopic (exact) mass is 344 g/mol. The molecule has 2 heterocycles. The van der Waals surface area contributed by atoms with Crippen LogP contribution in [0.1, 0.15) is 54.0 Å². The molecule has 1 N–H and O–H groups in total. The number of thiophene rings is 1. The molecule has 0 aliphatic heterocycles. The van der Waals surface area contributed by atoms with Crippen molar-refractivity contribution >= 4 is 43.8 Å². The Kier molecular flexibility index (Phi) is 4.78. The fourth-order valence-corrected chi connectivity index (χ4v) is 4.56. The highest BCUT2D eigenvalue weighted by atomic mass is 32.1. The number of carbonyl (C=O) groups is 1. The van der Waals surface area contributed by atoms with Crippen LogP contribution in [0.4, 0.5) is 5.13 Å². The number of nitrogens with one attached hydrogen (secondary N) is 1. The Balaban J connectivity index is 1.91. The molecular formula is C18H20N2OS2. The van der Waals surface area contributed by atoms with Gasteiger partial charge in [0.15, 0.2) is 5.13 Å². The van der Waals surface area contributed by atoms with E-state index in [0.29, 0.717) is 11.0 Å². The average molecular weight is 345 g/mol. The summed E-state index contributed by atoms with van der Waals surface area (Å²) in [7, 11) is 0. The SMILES string of the molecule is CCCc1c(C(=O)Nc2nc(C(C)C)cs2)sc2ccccc12. The molecule has 0 saturated carbocycles. The summed E-state index contributed by atoms with van der Waals surface area (Å²) in [6, 6.07) is 8.24. The number of anilines is 1. The summed E-state index contributed by atoms with van der Waals surface area (Å²) in [5.74, 6) is 0.330. The highest BCUT2D eigenvalue weighted by Crippen LogP contribution is 2.33. The first-order valence-electron chi connectivity index (χ1n) is 7.87. The van der Waals surface area contributed by atoms with Crippen molar-refractivity contribution in [3.8, 4) is 0 Å². The first-order valence-corrected chi connectivity index (χ1v) is 9.57. The van der Waals surface area contributed by atoms with E-state index in [1.165, 1.54) is 21.4 Å². The van der Waals surface area contributed by atoms with Gasteiger partial charge in [0, 0.05) is 10.1 Å². The van der Waals surface area contributed by atoms with Gasteiger partial charge in [-0.15, -0.1) is 22.7 Å². The van der Waals surface area contributed by atoms with Gasteiger partial charge >= 0.3 is 0 Å². The molecular weight excluding hydrogens is 324 g/mol. The van der Waals surface area contributed by atoms with Crippen LogP contribution in [-0.4, -0.2) is 10.9 Å². The van der Waals surface area contributed by atoms with E-state index >= 15 is 0 Å².